The maximum Gasteiger partial charge on any atom is 0.251 e. The number of unbranched alkanes of at least 4 members (excludes halogenated alkanes) is 1. The molecule has 0 aliphatic heterocycles. The normalized spacial score (nSPS) is 12.2. The quantitative estimate of drug-likeness (QED) is 0.731. The third-order valence-electron chi connectivity index (χ3n) is 3.58. The number of rotatable bonds is 9. The molecule has 0 saturated heterocycles. The Morgan fingerprint density at radius 2 is 1.86 bits per heavy atom. The third kappa shape index (κ3) is 6.65. The van der Waals surface area contributed by atoms with Crippen molar-refractivity contribution >= 4 is 5.91 Å². The van der Waals surface area contributed by atoms with Gasteiger partial charge in [0.05, 0.1) is 6.10 Å². The second kappa shape index (κ2) is 9.43. The van der Waals surface area contributed by atoms with E-state index in [9.17, 15) is 4.79 Å². The van der Waals surface area contributed by atoms with E-state index in [2.05, 4.69) is 19.2 Å². The van der Waals surface area contributed by atoms with E-state index in [4.69, 9.17) is 4.74 Å². The SMILES string of the molecule is CCCC[C@H](CC)CNC(=O)c1ccc(OC(C)C)cc1. The largest absolute Gasteiger partial charge is 0.491 e. The maximum absolute atomic E-state index is 12.1. The predicted molar refractivity (Wildman–Crippen MR) is 87.8 cm³/mol. The minimum atomic E-state index is 0.000968. The number of carbonyl (C=O) groups excluding carboxylic acids is 1. The molecule has 118 valence electrons. The summed E-state index contributed by atoms with van der Waals surface area (Å²) in [6.45, 7) is 9.12. The number of nitrogens with one attached hydrogen (secondary N) is 1. The summed E-state index contributed by atoms with van der Waals surface area (Å²) in [5.41, 5.74) is 0.691. The van der Waals surface area contributed by atoms with Gasteiger partial charge in [-0.05, 0) is 50.5 Å². The van der Waals surface area contributed by atoms with Crippen LogP contribution in [-0.4, -0.2) is 18.6 Å². The minimum Gasteiger partial charge on any atom is -0.491 e. The monoisotopic (exact) mass is 291 g/mol. The Kier molecular flexibility index (Phi) is 7.88. The van der Waals surface area contributed by atoms with Crippen molar-refractivity contribution in [2.24, 2.45) is 5.92 Å². The highest BCUT2D eigenvalue weighted by molar-refractivity contribution is 5.94. The number of amides is 1. The Bertz CT molecular complexity index is 412. The van der Waals surface area contributed by atoms with E-state index in [1.807, 2.05) is 38.1 Å². The first-order chi connectivity index (χ1) is 10.1. The summed E-state index contributed by atoms with van der Waals surface area (Å²) in [6.07, 6.45) is 4.89. The number of hydrogen-bond donors (Lipinski definition) is 1. The fraction of sp³-hybridized carbons (Fsp3) is 0.611. The van der Waals surface area contributed by atoms with Crippen LogP contribution in [0.2, 0.25) is 0 Å². The van der Waals surface area contributed by atoms with Gasteiger partial charge in [0.25, 0.3) is 5.91 Å². The fourth-order valence-corrected chi connectivity index (χ4v) is 2.24. The van der Waals surface area contributed by atoms with Crippen LogP contribution in [0.5, 0.6) is 5.75 Å². The number of carbonyl (C=O) groups is 1. The molecule has 0 saturated carbocycles. The molecule has 1 aromatic carbocycles. The molecule has 3 nitrogen and oxygen atoms in total. The first-order valence-electron chi connectivity index (χ1n) is 8.11. The Morgan fingerprint density at radius 3 is 2.38 bits per heavy atom. The molecular formula is C18H29NO2. The second-order valence-corrected chi connectivity index (χ2v) is 5.82. The van der Waals surface area contributed by atoms with Gasteiger partial charge >= 0.3 is 0 Å². The number of hydrogen-bond acceptors (Lipinski definition) is 2. The lowest BCUT2D eigenvalue weighted by molar-refractivity contribution is 0.0946. The van der Waals surface area contributed by atoms with Crippen LogP contribution >= 0.6 is 0 Å². The van der Waals surface area contributed by atoms with Crippen molar-refractivity contribution in [1.29, 1.82) is 0 Å². The van der Waals surface area contributed by atoms with Crippen LogP contribution in [0.1, 0.15) is 63.7 Å². The molecule has 0 spiro atoms. The summed E-state index contributed by atoms with van der Waals surface area (Å²) in [6, 6.07) is 7.34. The van der Waals surface area contributed by atoms with Crippen LogP contribution in [0.25, 0.3) is 0 Å². The van der Waals surface area contributed by atoms with Crippen LogP contribution in [0.4, 0.5) is 0 Å². The zero-order valence-electron chi connectivity index (χ0n) is 13.8. The zero-order chi connectivity index (χ0) is 15.7. The van der Waals surface area contributed by atoms with Crippen LogP contribution in [0, 0.1) is 5.92 Å². The Hall–Kier alpha value is -1.51. The highest BCUT2D eigenvalue weighted by Gasteiger charge is 2.10. The molecular weight excluding hydrogens is 262 g/mol. The van der Waals surface area contributed by atoms with Gasteiger partial charge in [0.15, 0.2) is 0 Å². The Balaban J connectivity index is 2.47. The summed E-state index contributed by atoms with van der Waals surface area (Å²) < 4.78 is 5.58. The van der Waals surface area contributed by atoms with Gasteiger partial charge < -0.3 is 10.1 Å². The molecule has 0 unspecified atom stereocenters. The maximum atomic E-state index is 12.1. The standard InChI is InChI=1S/C18H29NO2/c1-5-7-8-15(6-2)13-19-18(20)16-9-11-17(12-10-16)21-14(3)4/h9-12,14-15H,5-8,13H2,1-4H3,(H,19,20)/t15-/m0/s1. The van der Waals surface area contributed by atoms with Crippen molar-refractivity contribution in [3.05, 3.63) is 29.8 Å². The molecule has 1 atom stereocenters. The van der Waals surface area contributed by atoms with Gasteiger partial charge in [-0.1, -0.05) is 33.1 Å². The number of ether oxygens (including phenoxy) is 1. The average Bonchev–Trinajstić information content (AvgIpc) is 2.47. The lowest BCUT2D eigenvalue weighted by Crippen LogP contribution is -2.29. The van der Waals surface area contributed by atoms with Gasteiger partial charge in [-0.3, -0.25) is 4.79 Å². The predicted octanol–water partition coefficient (Wildman–Crippen LogP) is 4.42. The van der Waals surface area contributed by atoms with Gasteiger partial charge in [0, 0.05) is 12.1 Å². The Labute approximate surface area is 129 Å². The average molecular weight is 291 g/mol. The summed E-state index contributed by atoms with van der Waals surface area (Å²) >= 11 is 0. The summed E-state index contributed by atoms with van der Waals surface area (Å²) in [7, 11) is 0. The van der Waals surface area contributed by atoms with Crippen molar-refractivity contribution in [1.82, 2.24) is 5.32 Å². The number of benzene rings is 1. The first kappa shape index (κ1) is 17.5. The van der Waals surface area contributed by atoms with Gasteiger partial charge in [0.1, 0.15) is 5.75 Å². The minimum absolute atomic E-state index is 0.000968. The molecule has 0 fully saturated rings. The summed E-state index contributed by atoms with van der Waals surface area (Å²) in [5, 5.41) is 3.04. The van der Waals surface area contributed by atoms with Gasteiger partial charge in [-0.25, -0.2) is 0 Å². The van der Waals surface area contributed by atoms with E-state index in [-0.39, 0.29) is 12.0 Å². The highest BCUT2D eigenvalue weighted by atomic mass is 16.5. The van der Waals surface area contributed by atoms with E-state index >= 15 is 0 Å². The first-order valence-corrected chi connectivity index (χ1v) is 8.11. The Morgan fingerprint density at radius 1 is 1.19 bits per heavy atom. The zero-order valence-corrected chi connectivity index (χ0v) is 13.8. The van der Waals surface area contributed by atoms with Crippen molar-refractivity contribution in [2.45, 2.75) is 59.5 Å². The van der Waals surface area contributed by atoms with Crippen molar-refractivity contribution < 1.29 is 9.53 Å². The second-order valence-electron chi connectivity index (χ2n) is 5.82. The molecule has 0 aromatic heterocycles. The molecule has 0 aliphatic rings. The van der Waals surface area contributed by atoms with Crippen LogP contribution in [0.3, 0.4) is 0 Å². The van der Waals surface area contributed by atoms with Gasteiger partial charge in [-0.15, -0.1) is 0 Å². The third-order valence-corrected chi connectivity index (χ3v) is 3.58. The van der Waals surface area contributed by atoms with Crippen LogP contribution in [-0.2, 0) is 0 Å². The smallest absolute Gasteiger partial charge is 0.251 e. The fourth-order valence-electron chi connectivity index (χ4n) is 2.24. The molecule has 21 heavy (non-hydrogen) atoms. The lowest BCUT2D eigenvalue weighted by atomic mass is 9.99. The molecule has 0 aliphatic carbocycles. The topological polar surface area (TPSA) is 38.3 Å². The highest BCUT2D eigenvalue weighted by Crippen LogP contribution is 2.15. The van der Waals surface area contributed by atoms with Gasteiger partial charge in [-0.2, -0.15) is 0 Å². The molecule has 1 amide bonds. The van der Waals surface area contributed by atoms with E-state index < -0.39 is 0 Å². The summed E-state index contributed by atoms with van der Waals surface area (Å²) in [5.74, 6) is 1.38. The van der Waals surface area contributed by atoms with E-state index in [1.165, 1.54) is 19.3 Å². The van der Waals surface area contributed by atoms with Crippen molar-refractivity contribution in [3.63, 3.8) is 0 Å². The van der Waals surface area contributed by atoms with E-state index in [0.29, 0.717) is 11.5 Å². The van der Waals surface area contributed by atoms with Crippen LogP contribution < -0.4 is 10.1 Å². The molecule has 1 rings (SSSR count). The molecule has 1 aromatic rings. The van der Waals surface area contributed by atoms with Crippen molar-refractivity contribution in [3.8, 4) is 5.75 Å². The molecule has 0 heterocycles. The molecule has 3 heteroatoms. The van der Waals surface area contributed by atoms with E-state index in [0.717, 1.165) is 18.7 Å². The molecule has 0 bridgehead atoms. The van der Waals surface area contributed by atoms with Crippen LogP contribution in [0.15, 0.2) is 24.3 Å². The molecule has 1 N–H and O–H groups in total. The lowest BCUT2D eigenvalue weighted by Gasteiger charge is -2.15. The summed E-state index contributed by atoms with van der Waals surface area (Å²) in [4.78, 5) is 12.1. The van der Waals surface area contributed by atoms with E-state index in [1.54, 1.807) is 0 Å². The molecule has 0 radical (unpaired) electrons. The van der Waals surface area contributed by atoms with Gasteiger partial charge in [0.2, 0.25) is 0 Å². The van der Waals surface area contributed by atoms with Crippen molar-refractivity contribution in [2.75, 3.05) is 6.54 Å².